The number of ether oxygens (including phenoxy) is 2. The zero-order chi connectivity index (χ0) is 24.8. The fourth-order valence-corrected chi connectivity index (χ4v) is 4.76. The Morgan fingerprint density at radius 2 is 2.08 bits per heavy atom. The van der Waals surface area contributed by atoms with Crippen molar-refractivity contribution in [1.29, 1.82) is 0 Å². The van der Waals surface area contributed by atoms with Crippen LogP contribution in [0.3, 0.4) is 0 Å². The molecule has 1 amide bonds. The quantitative estimate of drug-likeness (QED) is 0.311. The van der Waals surface area contributed by atoms with Crippen molar-refractivity contribution < 1.29 is 18.7 Å². The predicted octanol–water partition coefficient (Wildman–Crippen LogP) is 5.37. The maximum absolute atomic E-state index is 14.0. The van der Waals surface area contributed by atoms with Gasteiger partial charge in [0.1, 0.15) is 11.6 Å². The summed E-state index contributed by atoms with van der Waals surface area (Å²) in [5.41, 5.74) is 4.46. The highest BCUT2D eigenvalue weighted by Gasteiger charge is 2.34. The lowest BCUT2D eigenvalue weighted by atomic mass is 9.97. The molecule has 2 aliphatic rings. The number of hydrogen-bond acceptors (Lipinski definition) is 6. The molecule has 3 aromatic heterocycles. The van der Waals surface area contributed by atoms with Crippen LogP contribution in [0.1, 0.15) is 34.8 Å². The number of carbonyl (C=O) groups is 1. The van der Waals surface area contributed by atoms with Gasteiger partial charge in [0.05, 0.1) is 47.0 Å². The molecule has 4 heterocycles. The molecule has 1 aliphatic carbocycles. The monoisotopic (exact) mass is 507 g/mol. The number of aromatic amines is 1. The van der Waals surface area contributed by atoms with Crippen molar-refractivity contribution in [1.82, 2.24) is 20.3 Å². The molecule has 3 N–H and O–H groups in total. The van der Waals surface area contributed by atoms with Crippen molar-refractivity contribution >= 4 is 39.9 Å². The molecule has 0 spiro atoms. The maximum Gasteiger partial charge on any atom is 0.255 e. The van der Waals surface area contributed by atoms with Crippen LogP contribution in [0.25, 0.3) is 22.3 Å². The number of carbonyl (C=O) groups excluding carboxylic acids is 1. The van der Waals surface area contributed by atoms with E-state index in [9.17, 15) is 9.18 Å². The average Bonchev–Trinajstić information content (AvgIpc) is 3.62. The molecule has 1 aromatic carbocycles. The largest absolute Gasteiger partial charge is 0.493 e. The highest BCUT2D eigenvalue weighted by atomic mass is 35.5. The number of rotatable bonds is 7. The van der Waals surface area contributed by atoms with Gasteiger partial charge in [-0.2, -0.15) is 0 Å². The first kappa shape index (κ1) is 22.6. The third kappa shape index (κ3) is 3.89. The predicted molar refractivity (Wildman–Crippen MR) is 135 cm³/mol. The number of hydrogen-bond donors (Lipinski definition) is 3. The second-order valence-corrected chi connectivity index (χ2v) is 9.27. The van der Waals surface area contributed by atoms with Crippen LogP contribution >= 0.6 is 11.6 Å². The number of nitrogens with zero attached hydrogens (tertiary/aromatic N) is 2. The molecule has 36 heavy (non-hydrogen) atoms. The highest BCUT2D eigenvalue weighted by Crippen LogP contribution is 2.44. The normalized spacial score (nSPS) is 17.0. The third-order valence-electron chi connectivity index (χ3n) is 6.43. The van der Waals surface area contributed by atoms with Crippen LogP contribution in [-0.4, -0.2) is 47.3 Å². The van der Waals surface area contributed by atoms with E-state index in [4.69, 9.17) is 26.1 Å². The number of pyridine rings is 2. The Kier molecular flexibility index (Phi) is 5.64. The summed E-state index contributed by atoms with van der Waals surface area (Å²) in [6, 6.07) is 10.8. The zero-order valence-corrected chi connectivity index (χ0v) is 20.2. The van der Waals surface area contributed by atoms with Crippen molar-refractivity contribution in [3.63, 3.8) is 0 Å². The van der Waals surface area contributed by atoms with Gasteiger partial charge in [-0.1, -0.05) is 17.7 Å². The van der Waals surface area contributed by atoms with Crippen molar-refractivity contribution in [3.8, 4) is 22.9 Å². The molecule has 8 nitrogen and oxygen atoms in total. The molecule has 184 valence electrons. The van der Waals surface area contributed by atoms with Crippen LogP contribution < -0.4 is 20.1 Å². The van der Waals surface area contributed by atoms with Crippen LogP contribution in [-0.2, 0) is 0 Å². The smallest absolute Gasteiger partial charge is 0.255 e. The van der Waals surface area contributed by atoms with Crippen LogP contribution in [0.15, 0.2) is 42.6 Å². The molecule has 0 unspecified atom stereocenters. The molecule has 4 aromatic rings. The Bertz CT molecular complexity index is 1490. The van der Waals surface area contributed by atoms with E-state index < -0.39 is 12.6 Å². The summed E-state index contributed by atoms with van der Waals surface area (Å²) in [7, 11) is 1.52. The molecular formula is C26H23ClFN5O3. The molecule has 0 bridgehead atoms. The van der Waals surface area contributed by atoms with Gasteiger partial charge >= 0.3 is 0 Å². The van der Waals surface area contributed by atoms with Crippen LogP contribution in [0, 0.1) is 0 Å². The summed E-state index contributed by atoms with van der Waals surface area (Å²) < 4.78 is 25.4. The lowest BCUT2D eigenvalue weighted by molar-refractivity contribution is 0.0938. The standard InChI is InChI=1S/C26H23ClFN5O3/c1-35-25-16(27)3-2-4-18(25)31-24-20-21(13(11-28)12-30-26(20)34)33-23(24)15-9-10-29-17-7-8-19(32-22(15)17)36-14-5-6-14/h2-4,7-10,13-14,31,33H,5-6,11-12H2,1H3,(H,30,34)/t13-/m0/s1. The number of methoxy groups -OCH3 is 1. The van der Waals surface area contributed by atoms with Crippen molar-refractivity contribution in [2.24, 2.45) is 0 Å². The number of para-hydroxylation sites is 1. The number of nitrogens with one attached hydrogen (secondary N) is 3. The topological polar surface area (TPSA) is 101 Å². The van der Waals surface area contributed by atoms with Crippen molar-refractivity contribution in [3.05, 3.63) is 58.9 Å². The molecule has 10 heteroatoms. The van der Waals surface area contributed by atoms with E-state index in [1.165, 1.54) is 7.11 Å². The summed E-state index contributed by atoms with van der Waals surface area (Å²) >= 11 is 6.35. The number of H-pyrrole nitrogens is 1. The van der Waals surface area contributed by atoms with Gasteiger partial charge in [-0.05, 0) is 37.1 Å². The number of fused-ring (bicyclic) bond motifs is 2. The summed E-state index contributed by atoms with van der Waals surface area (Å²) in [5.74, 6) is 0.130. The first-order valence-corrected chi connectivity index (χ1v) is 12.1. The maximum atomic E-state index is 14.0. The summed E-state index contributed by atoms with van der Waals surface area (Å²) in [6.07, 6.45) is 3.89. The minimum atomic E-state index is -0.623. The molecular weight excluding hydrogens is 485 g/mol. The van der Waals surface area contributed by atoms with Gasteiger partial charge < -0.3 is 25.1 Å². The molecule has 1 aliphatic heterocycles. The van der Waals surface area contributed by atoms with Gasteiger partial charge in [0.25, 0.3) is 5.91 Å². The third-order valence-corrected chi connectivity index (χ3v) is 6.73. The lowest BCUT2D eigenvalue weighted by Gasteiger charge is -2.21. The van der Waals surface area contributed by atoms with E-state index in [0.717, 1.165) is 12.8 Å². The van der Waals surface area contributed by atoms with E-state index in [1.54, 1.807) is 30.5 Å². The Balaban J connectivity index is 1.57. The first-order chi connectivity index (χ1) is 17.6. The Labute approximate surface area is 211 Å². The van der Waals surface area contributed by atoms with Crippen LogP contribution in [0.5, 0.6) is 11.6 Å². The van der Waals surface area contributed by atoms with Crippen LogP contribution in [0.4, 0.5) is 15.8 Å². The zero-order valence-electron chi connectivity index (χ0n) is 19.4. The molecule has 0 saturated heterocycles. The van der Waals surface area contributed by atoms with Crippen LogP contribution in [0.2, 0.25) is 5.02 Å². The Hall–Kier alpha value is -3.85. The van der Waals surface area contributed by atoms with Gasteiger partial charge in [-0.15, -0.1) is 0 Å². The molecule has 6 rings (SSSR count). The van der Waals surface area contributed by atoms with Gasteiger partial charge in [-0.3, -0.25) is 14.2 Å². The van der Waals surface area contributed by atoms with E-state index in [-0.39, 0.29) is 18.6 Å². The number of alkyl halides is 1. The van der Waals surface area contributed by atoms with Crippen molar-refractivity contribution in [2.75, 3.05) is 25.6 Å². The highest BCUT2D eigenvalue weighted by molar-refractivity contribution is 6.32. The fourth-order valence-electron chi connectivity index (χ4n) is 4.51. The number of anilines is 2. The van der Waals surface area contributed by atoms with E-state index in [2.05, 4.69) is 20.6 Å². The fraction of sp³-hybridized carbons (Fsp3) is 0.269. The van der Waals surface area contributed by atoms with Gasteiger partial charge in [-0.25, -0.2) is 4.98 Å². The summed E-state index contributed by atoms with van der Waals surface area (Å²) in [6.45, 7) is -0.418. The Morgan fingerprint density at radius 3 is 2.86 bits per heavy atom. The SMILES string of the molecule is COc1c(Cl)cccc1Nc1c(-c2ccnc3ccc(OC4CC4)nc23)[nH]c2c1C(=O)NC[C@@H]2CF. The first-order valence-electron chi connectivity index (χ1n) is 11.7. The lowest BCUT2D eigenvalue weighted by Crippen LogP contribution is -2.35. The number of benzene rings is 1. The number of aromatic nitrogens is 3. The molecule has 0 radical (unpaired) electrons. The van der Waals surface area contributed by atoms with Gasteiger partial charge in [0, 0.05) is 36.0 Å². The number of amides is 1. The van der Waals surface area contributed by atoms with Gasteiger partial charge in [0.15, 0.2) is 5.75 Å². The molecule has 1 saturated carbocycles. The van der Waals surface area contributed by atoms with Crippen molar-refractivity contribution in [2.45, 2.75) is 24.9 Å². The second-order valence-electron chi connectivity index (χ2n) is 8.86. The minimum absolute atomic E-state index is 0.189. The average molecular weight is 508 g/mol. The van der Waals surface area contributed by atoms with E-state index in [1.807, 2.05) is 12.1 Å². The molecule has 1 atom stereocenters. The van der Waals surface area contributed by atoms with Gasteiger partial charge in [0.2, 0.25) is 5.88 Å². The summed E-state index contributed by atoms with van der Waals surface area (Å²) in [5, 5.41) is 6.55. The number of halogens is 2. The molecule has 1 fully saturated rings. The second kappa shape index (κ2) is 8.98. The van der Waals surface area contributed by atoms with E-state index >= 15 is 0 Å². The van der Waals surface area contributed by atoms with E-state index in [0.29, 0.717) is 61.6 Å². The Morgan fingerprint density at radius 1 is 1.22 bits per heavy atom. The summed E-state index contributed by atoms with van der Waals surface area (Å²) in [4.78, 5) is 25.6. The minimum Gasteiger partial charge on any atom is -0.493 e.